The highest BCUT2D eigenvalue weighted by Crippen LogP contribution is 2.44. The van der Waals surface area contributed by atoms with Gasteiger partial charge in [-0.2, -0.15) is 0 Å². The Morgan fingerprint density at radius 1 is 1.14 bits per heavy atom. The summed E-state index contributed by atoms with van der Waals surface area (Å²) in [6.45, 7) is 5.31. The van der Waals surface area contributed by atoms with E-state index < -0.39 is 5.92 Å². The minimum Gasteiger partial charge on any atom is -0.468 e. The fraction of sp³-hybridized carbons (Fsp3) is 0.182. The van der Waals surface area contributed by atoms with Gasteiger partial charge in [0.1, 0.15) is 17.8 Å². The van der Waals surface area contributed by atoms with Gasteiger partial charge in [-0.05, 0) is 38.5 Å². The van der Waals surface area contributed by atoms with E-state index in [0.717, 1.165) is 11.1 Å². The lowest BCUT2D eigenvalue weighted by Gasteiger charge is -2.26. The van der Waals surface area contributed by atoms with E-state index in [0.29, 0.717) is 40.0 Å². The van der Waals surface area contributed by atoms with Gasteiger partial charge >= 0.3 is 0 Å². The van der Waals surface area contributed by atoms with Crippen LogP contribution in [0.1, 0.15) is 36.7 Å². The molecule has 0 N–H and O–H groups in total. The van der Waals surface area contributed by atoms with E-state index in [1.807, 2.05) is 37.3 Å². The molecule has 0 spiro atoms. The van der Waals surface area contributed by atoms with Crippen molar-refractivity contribution < 1.29 is 13.9 Å². The quantitative estimate of drug-likeness (QED) is 0.528. The Hall–Kier alpha value is -3.74. The van der Waals surface area contributed by atoms with E-state index in [-0.39, 0.29) is 5.78 Å². The molecule has 0 saturated carbocycles. The summed E-state index contributed by atoms with van der Waals surface area (Å²) < 4.78 is 13.2. The lowest BCUT2D eigenvalue weighted by Crippen LogP contribution is -2.21. The van der Waals surface area contributed by atoms with Crippen LogP contribution < -0.4 is 4.74 Å². The Labute approximate surface area is 166 Å². The minimum atomic E-state index is -0.462. The zero-order valence-corrected chi connectivity index (χ0v) is 16.2. The monoisotopic (exact) mass is 386 g/mol. The number of carbonyl (C=O) groups is 1. The van der Waals surface area contributed by atoms with Gasteiger partial charge in [0.15, 0.2) is 17.3 Å². The van der Waals surface area contributed by atoms with E-state index in [2.05, 4.69) is 10.1 Å². The van der Waals surface area contributed by atoms with Crippen molar-refractivity contribution in [3.05, 3.63) is 77.2 Å². The molecule has 3 aromatic heterocycles. The van der Waals surface area contributed by atoms with Gasteiger partial charge in [0, 0.05) is 11.1 Å². The summed E-state index contributed by atoms with van der Waals surface area (Å²) in [4.78, 5) is 21.7. The first-order valence-corrected chi connectivity index (χ1v) is 9.29. The Balaban J connectivity index is 1.79. The number of rotatable bonds is 3. The summed E-state index contributed by atoms with van der Waals surface area (Å²) in [6, 6.07) is 11.6. The van der Waals surface area contributed by atoms with Crippen molar-refractivity contribution in [2.75, 3.05) is 0 Å². The van der Waals surface area contributed by atoms with E-state index in [4.69, 9.17) is 14.1 Å². The van der Waals surface area contributed by atoms with Gasteiger partial charge in [0.25, 0.3) is 0 Å². The maximum Gasteiger partial charge on any atom is 0.228 e. The maximum atomic E-state index is 12.5. The first-order chi connectivity index (χ1) is 14.0. The van der Waals surface area contributed by atoms with Gasteiger partial charge in [-0.15, -0.1) is 5.10 Å². The molecule has 7 heteroatoms. The standard InChI is InChI=1S/C22H18N4O3/c1-12-7-4-5-8-15(12)20-24-21-19-18(16-9-6-10-28-16)17(13(2)27)14(3)29-22(19)23-11-26(21)25-20/h4-11,18H,1-3H3/t18-/m1/s1. The number of carbonyl (C=O) groups excluding carboxylic acids is 1. The van der Waals surface area contributed by atoms with Crippen LogP contribution in [0.15, 0.2) is 64.7 Å². The highest BCUT2D eigenvalue weighted by molar-refractivity contribution is 5.97. The molecule has 5 rings (SSSR count). The number of hydrogen-bond donors (Lipinski definition) is 0. The van der Waals surface area contributed by atoms with Crippen molar-refractivity contribution in [3.63, 3.8) is 0 Å². The highest BCUT2D eigenvalue weighted by atomic mass is 16.5. The molecule has 0 aliphatic carbocycles. The molecule has 0 saturated heterocycles. The zero-order valence-electron chi connectivity index (χ0n) is 16.2. The van der Waals surface area contributed by atoms with E-state index in [9.17, 15) is 4.79 Å². The van der Waals surface area contributed by atoms with Gasteiger partial charge in [-0.25, -0.2) is 14.5 Å². The molecule has 1 atom stereocenters. The number of Topliss-reactive ketones (excluding diaryl/α,β-unsaturated/α-hetero) is 1. The van der Waals surface area contributed by atoms with Gasteiger partial charge in [-0.3, -0.25) is 4.79 Å². The summed E-state index contributed by atoms with van der Waals surface area (Å²) in [5.74, 6) is 1.60. The molecule has 0 bridgehead atoms. The Morgan fingerprint density at radius 3 is 2.69 bits per heavy atom. The van der Waals surface area contributed by atoms with Crippen molar-refractivity contribution in [3.8, 4) is 17.3 Å². The molecule has 1 aliphatic heterocycles. The smallest absolute Gasteiger partial charge is 0.228 e. The van der Waals surface area contributed by atoms with Gasteiger partial charge < -0.3 is 9.15 Å². The number of benzene rings is 1. The SMILES string of the molecule is CC(=O)C1=C(C)Oc2ncn3nc(-c4ccccc4C)nc3c2[C@@H]1c1ccco1. The lowest BCUT2D eigenvalue weighted by molar-refractivity contribution is -0.114. The molecule has 1 aliphatic rings. The Morgan fingerprint density at radius 2 is 1.97 bits per heavy atom. The lowest BCUT2D eigenvalue weighted by atomic mass is 9.85. The average molecular weight is 386 g/mol. The molecule has 0 amide bonds. The predicted molar refractivity (Wildman–Crippen MR) is 106 cm³/mol. The molecular weight excluding hydrogens is 368 g/mol. The molecule has 4 heterocycles. The molecule has 29 heavy (non-hydrogen) atoms. The summed E-state index contributed by atoms with van der Waals surface area (Å²) in [5.41, 5.74) is 3.80. The van der Waals surface area contributed by atoms with E-state index in [1.165, 1.54) is 6.92 Å². The first kappa shape index (κ1) is 17.4. The summed E-state index contributed by atoms with van der Waals surface area (Å²) in [6.07, 6.45) is 3.17. The number of fused-ring (bicyclic) bond motifs is 3. The predicted octanol–water partition coefficient (Wildman–Crippen LogP) is 4.08. The Bertz CT molecular complexity index is 1280. The summed E-state index contributed by atoms with van der Waals surface area (Å²) in [5, 5.41) is 4.61. The third-order valence-electron chi connectivity index (χ3n) is 5.19. The zero-order chi connectivity index (χ0) is 20.1. The van der Waals surface area contributed by atoms with Gasteiger partial charge in [-0.1, -0.05) is 24.3 Å². The van der Waals surface area contributed by atoms with E-state index in [1.54, 1.807) is 30.1 Å². The molecule has 1 aromatic carbocycles. The van der Waals surface area contributed by atoms with Crippen LogP contribution in [0.25, 0.3) is 17.0 Å². The number of hydrogen-bond acceptors (Lipinski definition) is 6. The molecule has 0 fully saturated rings. The fourth-order valence-electron chi connectivity index (χ4n) is 3.87. The number of aromatic nitrogens is 4. The van der Waals surface area contributed by atoms with Gasteiger partial charge in [0.05, 0.1) is 17.7 Å². The van der Waals surface area contributed by atoms with Crippen molar-refractivity contribution in [1.29, 1.82) is 0 Å². The second kappa shape index (κ2) is 6.41. The molecule has 0 unspecified atom stereocenters. The second-order valence-electron chi connectivity index (χ2n) is 7.06. The van der Waals surface area contributed by atoms with Crippen LogP contribution in [0, 0.1) is 6.92 Å². The van der Waals surface area contributed by atoms with Crippen LogP contribution in [-0.4, -0.2) is 25.4 Å². The van der Waals surface area contributed by atoms with Crippen LogP contribution in [0.3, 0.4) is 0 Å². The highest BCUT2D eigenvalue weighted by Gasteiger charge is 2.37. The number of ketones is 1. The van der Waals surface area contributed by atoms with E-state index >= 15 is 0 Å². The second-order valence-corrected chi connectivity index (χ2v) is 7.06. The largest absolute Gasteiger partial charge is 0.468 e. The number of furan rings is 1. The summed E-state index contributed by atoms with van der Waals surface area (Å²) >= 11 is 0. The van der Waals surface area contributed by atoms with Crippen molar-refractivity contribution in [1.82, 2.24) is 19.6 Å². The maximum absolute atomic E-state index is 12.5. The van der Waals surface area contributed by atoms with Crippen molar-refractivity contribution >= 4 is 11.4 Å². The van der Waals surface area contributed by atoms with Gasteiger partial charge in [0.2, 0.25) is 5.88 Å². The van der Waals surface area contributed by atoms with Crippen LogP contribution in [-0.2, 0) is 4.79 Å². The molecule has 144 valence electrons. The molecule has 4 aromatic rings. The molecule has 7 nitrogen and oxygen atoms in total. The molecule has 0 radical (unpaired) electrons. The van der Waals surface area contributed by atoms with Crippen LogP contribution >= 0.6 is 0 Å². The minimum absolute atomic E-state index is 0.0878. The van der Waals surface area contributed by atoms with Crippen molar-refractivity contribution in [2.24, 2.45) is 0 Å². The van der Waals surface area contributed by atoms with Crippen LogP contribution in [0.5, 0.6) is 5.88 Å². The van der Waals surface area contributed by atoms with Crippen LogP contribution in [0.2, 0.25) is 0 Å². The van der Waals surface area contributed by atoms with Crippen molar-refractivity contribution in [2.45, 2.75) is 26.7 Å². The fourth-order valence-corrected chi connectivity index (χ4v) is 3.87. The normalized spacial score (nSPS) is 16.0. The number of ether oxygens (including phenoxy) is 1. The number of allylic oxidation sites excluding steroid dienone is 2. The topological polar surface area (TPSA) is 82.5 Å². The summed E-state index contributed by atoms with van der Waals surface area (Å²) in [7, 11) is 0. The first-order valence-electron chi connectivity index (χ1n) is 9.29. The number of nitrogens with zero attached hydrogens (tertiary/aromatic N) is 4. The van der Waals surface area contributed by atoms with Crippen LogP contribution in [0.4, 0.5) is 0 Å². The Kier molecular flexibility index (Phi) is 3.84. The molecular formula is C22H18N4O3. The third kappa shape index (κ3) is 2.66. The third-order valence-corrected chi connectivity index (χ3v) is 5.19. The average Bonchev–Trinajstić information content (AvgIpc) is 3.36. The number of aryl methyl sites for hydroxylation is 1.